The fourth-order valence-electron chi connectivity index (χ4n) is 5.00. The highest BCUT2D eigenvalue weighted by Crippen LogP contribution is 2.37. The van der Waals surface area contributed by atoms with Crippen molar-refractivity contribution in [2.45, 2.75) is 70.3 Å². The molecular formula is C26H36N8O4. The number of carbonyl (C=O) groups excluding carboxylic acids is 1. The van der Waals surface area contributed by atoms with Crippen molar-refractivity contribution in [3.63, 3.8) is 0 Å². The first-order valence-corrected chi connectivity index (χ1v) is 12.9. The second-order valence-corrected chi connectivity index (χ2v) is 10.9. The first-order chi connectivity index (χ1) is 18.1. The molecular weight excluding hydrogens is 488 g/mol. The molecule has 5 N–H and O–H groups in total. The number of amides is 2. The molecule has 0 radical (unpaired) electrons. The fourth-order valence-corrected chi connectivity index (χ4v) is 5.00. The molecule has 0 saturated carbocycles. The van der Waals surface area contributed by atoms with Crippen LogP contribution < -0.4 is 16.4 Å². The number of carbonyl (C=O) groups is 1. The van der Waals surface area contributed by atoms with Crippen LogP contribution in [0, 0.1) is 0 Å². The van der Waals surface area contributed by atoms with E-state index in [9.17, 15) is 9.90 Å². The summed E-state index contributed by atoms with van der Waals surface area (Å²) in [5.74, 6) is 0.274. The average Bonchev–Trinajstić information content (AvgIpc) is 3.43. The molecule has 2 saturated heterocycles. The first-order valence-electron chi connectivity index (χ1n) is 12.9. The Labute approximate surface area is 221 Å². The third-order valence-corrected chi connectivity index (χ3v) is 7.17. The van der Waals surface area contributed by atoms with E-state index in [2.05, 4.69) is 51.3 Å². The standard InChI is InChI=1S/C26H36N8O4/c1-15-33(11-5-10-28-25(36)32-17-8-6-16(7-9-17)26(2,3)4)12-18-21(37-15)20(35)24(38-18)34-14-31-19-22(27)29-13-30-23(19)34/h6-9,13-15,18,20-21,24,35H,5,10-12H2,1-4H3,(H2,27,29,30)(H2,28,32,36)/t15?,18?,20-,21-,24-/m1/s1. The number of ether oxygens (including phenoxy) is 2. The number of hydrogen-bond acceptors (Lipinski definition) is 9. The van der Waals surface area contributed by atoms with Crippen molar-refractivity contribution in [1.82, 2.24) is 29.7 Å². The van der Waals surface area contributed by atoms with E-state index in [-0.39, 0.29) is 29.6 Å². The molecule has 204 valence electrons. The van der Waals surface area contributed by atoms with Crippen LogP contribution in [0.15, 0.2) is 36.9 Å². The second kappa shape index (κ2) is 10.4. The Balaban J connectivity index is 1.11. The Bertz CT molecular complexity index is 1270. The molecule has 5 atom stereocenters. The number of rotatable bonds is 6. The molecule has 3 aromatic rings. The van der Waals surface area contributed by atoms with E-state index in [1.807, 2.05) is 31.2 Å². The topological polar surface area (TPSA) is 153 Å². The number of aliphatic hydroxyl groups excluding tert-OH is 1. The van der Waals surface area contributed by atoms with E-state index in [1.54, 1.807) is 10.9 Å². The van der Waals surface area contributed by atoms with Gasteiger partial charge in [0.15, 0.2) is 17.7 Å². The van der Waals surface area contributed by atoms with Gasteiger partial charge in [-0.15, -0.1) is 0 Å². The van der Waals surface area contributed by atoms with Crippen LogP contribution in [0.3, 0.4) is 0 Å². The zero-order valence-electron chi connectivity index (χ0n) is 22.2. The normalized spacial score (nSPS) is 25.9. The minimum atomic E-state index is -0.888. The summed E-state index contributed by atoms with van der Waals surface area (Å²) in [6, 6.07) is 7.66. The summed E-state index contributed by atoms with van der Waals surface area (Å²) in [4.78, 5) is 27.0. The van der Waals surface area contributed by atoms with Gasteiger partial charge in [-0.3, -0.25) is 9.47 Å². The van der Waals surface area contributed by atoms with E-state index >= 15 is 0 Å². The average molecular weight is 525 g/mol. The molecule has 5 rings (SSSR count). The van der Waals surface area contributed by atoms with Gasteiger partial charge in [0.1, 0.15) is 36.4 Å². The van der Waals surface area contributed by atoms with Crippen molar-refractivity contribution in [2.24, 2.45) is 0 Å². The van der Waals surface area contributed by atoms with Crippen LogP contribution in [0.4, 0.5) is 16.3 Å². The molecule has 38 heavy (non-hydrogen) atoms. The molecule has 0 spiro atoms. The maximum absolute atomic E-state index is 12.3. The number of nitrogens with one attached hydrogen (secondary N) is 2. The SMILES string of the molecule is CC1O[C@@H]2C(CN1CCCNC(=O)Nc1ccc(C(C)(C)C)cc1)O[C@@H](n1cnc3c(N)ncnc31)[C@@H]2O. The molecule has 12 nitrogen and oxygen atoms in total. The molecule has 2 amide bonds. The number of urea groups is 1. The van der Waals surface area contributed by atoms with Gasteiger partial charge in [-0.05, 0) is 36.5 Å². The number of benzene rings is 1. The summed E-state index contributed by atoms with van der Waals surface area (Å²) in [6.07, 6.45) is 1.06. The molecule has 2 fully saturated rings. The highest BCUT2D eigenvalue weighted by Gasteiger charge is 2.50. The van der Waals surface area contributed by atoms with Crippen molar-refractivity contribution in [3.8, 4) is 0 Å². The third-order valence-electron chi connectivity index (χ3n) is 7.17. The molecule has 2 aromatic heterocycles. The quantitative estimate of drug-likeness (QED) is 0.356. The monoisotopic (exact) mass is 524 g/mol. The lowest BCUT2D eigenvalue weighted by Gasteiger charge is -2.39. The number of imidazole rings is 1. The molecule has 12 heteroatoms. The van der Waals surface area contributed by atoms with Crippen LogP contribution in [-0.4, -0.2) is 79.7 Å². The van der Waals surface area contributed by atoms with E-state index in [0.29, 0.717) is 30.8 Å². The Morgan fingerprint density at radius 3 is 2.68 bits per heavy atom. The van der Waals surface area contributed by atoms with Crippen molar-refractivity contribution >= 4 is 28.7 Å². The maximum atomic E-state index is 12.3. The number of fused-ring (bicyclic) bond motifs is 2. The predicted molar refractivity (Wildman–Crippen MR) is 142 cm³/mol. The number of aliphatic hydroxyl groups is 1. The van der Waals surface area contributed by atoms with E-state index in [0.717, 1.165) is 12.1 Å². The largest absolute Gasteiger partial charge is 0.386 e. The minimum absolute atomic E-state index is 0.0655. The first kappa shape index (κ1) is 26.3. The second-order valence-electron chi connectivity index (χ2n) is 10.9. The van der Waals surface area contributed by atoms with Gasteiger partial charge in [0.25, 0.3) is 0 Å². The van der Waals surface area contributed by atoms with Crippen molar-refractivity contribution in [1.29, 1.82) is 0 Å². The molecule has 1 aromatic carbocycles. The molecule has 2 aliphatic heterocycles. The van der Waals surface area contributed by atoms with E-state index in [1.165, 1.54) is 11.9 Å². The van der Waals surface area contributed by atoms with Crippen LogP contribution in [0.2, 0.25) is 0 Å². The van der Waals surface area contributed by atoms with Crippen LogP contribution in [-0.2, 0) is 14.9 Å². The summed E-state index contributed by atoms with van der Waals surface area (Å²) >= 11 is 0. The fraction of sp³-hybridized carbons (Fsp3) is 0.538. The van der Waals surface area contributed by atoms with Crippen molar-refractivity contribution in [3.05, 3.63) is 42.5 Å². The lowest BCUT2D eigenvalue weighted by molar-refractivity contribution is -0.176. The molecule has 0 aliphatic carbocycles. The Kier molecular flexibility index (Phi) is 7.23. The zero-order valence-corrected chi connectivity index (χ0v) is 22.2. The summed E-state index contributed by atoms with van der Waals surface area (Å²) < 4.78 is 14.0. The van der Waals surface area contributed by atoms with Gasteiger partial charge in [0.05, 0.1) is 6.33 Å². The Morgan fingerprint density at radius 1 is 1.18 bits per heavy atom. The Hall–Kier alpha value is -3.32. The summed E-state index contributed by atoms with van der Waals surface area (Å²) in [5, 5.41) is 16.8. The number of nitrogens with zero attached hydrogens (tertiary/aromatic N) is 5. The number of aromatic nitrogens is 4. The number of hydrogen-bond donors (Lipinski definition) is 4. The van der Waals surface area contributed by atoms with E-state index < -0.39 is 18.4 Å². The van der Waals surface area contributed by atoms with Gasteiger partial charge in [0, 0.05) is 25.3 Å². The van der Waals surface area contributed by atoms with Crippen molar-refractivity contribution < 1.29 is 19.4 Å². The lowest BCUT2D eigenvalue weighted by Crippen LogP contribution is -2.54. The minimum Gasteiger partial charge on any atom is -0.386 e. The molecule has 0 bridgehead atoms. The Morgan fingerprint density at radius 2 is 1.95 bits per heavy atom. The smallest absolute Gasteiger partial charge is 0.319 e. The van der Waals surface area contributed by atoms with Crippen LogP contribution in [0.5, 0.6) is 0 Å². The van der Waals surface area contributed by atoms with Gasteiger partial charge in [-0.25, -0.2) is 19.7 Å². The molecule has 2 unspecified atom stereocenters. The van der Waals surface area contributed by atoms with E-state index in [4.69, 9.17) is 15.2 Å². The molecule has 2 aliphatic rings. The third kappa shape index (κ3) is 5.30. The van der Waals surface area contributed by atoms with Gasteiger partial charge in [-0.2, -0.15) is 0 Å². The highest BCUT2D eigenvalue weighted by molar-refractivity contribution is 5.89. The zero-order chi connectivity index (χ0) is 27.0. The van der Waals surface area contributed by atoms with Gasteiger partial charge in [-0.1, -0.05) is 32.9 Å². The maximum Gasteiger partial charge on any atom is 0.319 e. The highest BCUT2D eigenvalue weighted by atomic mass is 16.6. The lowest BCUT2D eigenvalue weighted by atomic mass is 9.87. The number of nitrogen functional groups attached to an aromatic ring is 1. The van der Waals surface area contributed by atoms with Crippen LogP contribution >= 0.6 is 0 Å². The van der Waals surface area contributed by atoms with Crippen LogP contribution in [0.25, 0.3) is 11.2 Å². The summed E-state index contributed by atoms with van der Waals surface area (Å²) in [5.41, 5.74) is 8.90. The van der Waals surface area contributed by atoms with Crippen LogP contribution in [0.1, 0.15) is 45.9 Å². The van der Waals surface area contributed by atoms with Gasteiger partial charge < -0.3 is 30.9 Å². The predicted octanol–water partition coefficient (Wildman–Crippen LogP) is 2.22. The number of anilines is 2. The van der Waals surface area contributed by atoms with Crippen molar-refractivity contribution in [2.75, 3.05) is 30.7 Å². The number of nitrogens with two attached hydrogens (primary N) is 1. The van der Waals surface area contributed by atoms with Gasteiger partial charge >= 0.3 is 6.03 Å². The molecule has 4 heterocycles. The summed E-state index contributed by atoms with van der Waals surface area (Å²) in [7, 11) is 0. The van der Waals surface area contributed by atoms with Gasteiger partial charge in [0.2, 0.25) is 0 Å². The summed E-state index contributed by atoms with van der Waals surface area (Å²) in [6.45, 7) is 10.2.